The Morgan fingerprint density at radius 3 is 2.66 bits per heavy atom. The van der Waals surface area contributed by atoms with Crippen LogP contribution in [0.5, 0.6) is 11.5 Å². The molecule has 0 spiro atoms. The fraction of sp³-hybridized carbons (Fsp3) is 0.200. The smallest absolute Gasteiger partial charge is 0.434 e. The number of benzene rings is 2. The predicted molar refractivity (Wildman–Crippen MR) is 121 cm³/mol. The number of hydrogen-bond donors (Lipinski definition) is 2. The normalized spacial score (nSPS) is 15.5. The first-order valence-electron chi connectivity index (χ1n) is 10.8. The van der Waals surface area contributed by atoms with Crippen molar-refractivity contribution in [2.24, 2.45) is 4.99 Å². The number of para-hydroxylation sites is 2. The van der Waals surface area contributed by atoms with Crippen molar-refractivity contribution in [2.45, 2.75) is 18.8 Å². The third kappa shape index (κ3) is 4.05. The van der Waals surface area contributed by atoms with Gasteiger partial charge in [-0.05, 0) is 36.2 Å². The highest BCUT2D eigenvalue weighted by molar-refractivity contribution is 5.87. The molecule has 35 heavy (non-hydrogen) atoms. The number of nitrogens with one attached hydrogen (secondary N) is 1. The van der Waals surface area contributed by atoms with Crippen molar-refractivity contribution >= 4 is 17.1 Å². The van der Waals surface area contributed by atoms with Crippen LogP contribution in [0.3, 0.4) is 0 Å². The first kappa shape index (κ1) is 22.7. The van der Waals surface area contributed by atoms with Gasteiger partial charge in [0.05, 0.1) is 12.5 Å². The molecule has 1 atom stereocenters. The Hall–Kier alpha value is -4.08. The van der Waals surface area contributed by atoms with Crippen molar-refractivity contribution in [2.75, 3.05) is 13.7 Å². The molecule has 0 fully saturated rings. The molecule has 2 aromatic heterocycles. The van der Waals surface area contributed by atoms with E-state index in [0.29, 0.717) is 22.2 Å². The maximum absolute atomic E-state index is 14.2. The third-order valence-corrected chi connectivity index (χ3v) is 5.96. The van der Waals surface area contributed by atoms with Crippen LogP contribution in [0.25, 0.3) is 17.1 Å². The van der Waals surface area contributed by atoms with Crippen molar-refractivity contribution < 1.29 is 27.4 Å². The van der Waals surface area contributed by atoms with Crippen LogP contribution < -0.4 is 15.3 Å². The number of fused-ring (bicyclic) bond motifs is 2. The summed E-state index contributed by atoms with van der Waals surface area (Å²) in [6, 6.07) is 13.0. The lowest BCUT2D eigenvalue weighted by Crippen LogP contribution is -2.43. The van der Waals surface area contributed by atoms with Gasteiger partial charge in [0.25, 0.3) is 0 Å². The lowest BCUT2D eigenvalue weighted by Gasteiger charge is -2.30. The molecule has 5 rings (SSSR count). The molecule has 1 aliphatic heterocycles. The number of aromatic nitrogens is 2. The van der Waals surface area contributed by atoms with Gasteiger partial charge in [0.1, 0.15) is 11.4 Å². The molecule has 1 unspecified atom stereocenters. The molecule has 0 aliphatic carbocycles. The maximum Gasteiger partial charge on any atom is 0.434 e. The van der Waals surface area contributed by atoms with Gasteiger partial charge in [-0.15, -0.1) is 0 Å². The summed E-state index contributed by atoms with van der Waals surface area (Å²) < 4.78 is 60.4. The fourth-order valence-electron chi connectivity index (χ4n) is 4.35. The van der Waals surface area contributed by atoms with E-state index in [-0.39, 0.29) is 35.0 Å². The highest BCUT2D eigenvalue weighted by Gasteiger charge is 2.36. The summed E-state index contributed by atoms with van der Waals surface area (Å²) in [4.78, 5) is 12.8. The third-order valence-electron chi connectivity index (χ3n) is 5.96. The van der Waals surface area contributed by atoms with Crippen LogP contribution >= 0.6 is 0 Å². The maximum atomic E-state index is 14.2. The first-order chi connectivity index (χ1) is 16.8. The number of alkyl halides is 3. The van der Waals surface area contributed by atoms with E-state index in [1.807, 2.05) is 0 Å². The van der Waals surface area contributed by atoms with Crippen molar-refractivity contribution in [3.05, 3.63) is 88.1 Å². The lowest BCUT2D eigenvalue weighted by atomic mass is 10.1. The molecule has 0 saturated heterocycles. The number of rotatable bonds is 5. The molecule has 0 saturated carbocycles. The van der Waals surface area contributed by atoms with E-state index >= 15 is 0 Å². The number of hydrogen-bond acceptors (Lipinski definition) is 5. The molecule has 4 aromatic rings. The summed E-state index contributed by atoms with van der Waals surface area (Å²) >= 11 is 0. The number of pyridine rings is 1. The van der Waals surface area contributed by atoms with Crippen molar-refractivity contribution in [3.63, 3.8) is 0 Å². The Balaban J connectivity index is 1.63. The zero-order valence-corrected chi connectivity index (χ0v) is 18.5. The minimum absolute atomic E-state index is 0.0374. The number of aromatic hydroxyl groups is 1. The van der Waals surface area contributed by atoms with E-state index in [0.717, 1.165) is 6.20 Å². The van der Waals surface area contributed by atoms with Gasteiger partial charge in [0.15, 0.2) is 23.4 Å². The summed E-state index contributed by atoms with van der Waals surface area (Å²) in [5.41, 5.74) is 0.503. The largest absolute Gasteiger partial charge is 0.505 e. The molecule has 0 amide bonds. The number of methoxy groups -OCH3 is 1. The summed E-state index contributed by atoms with van der Waals surface area (Å²) in [6.45, 7) is 0.161. The molecule has 180 valence electrons. The van der Waals surface area contributed by atoms with Gasteiger partial charge in [-0.2, -0.15) is 13.2 Å². The molecule has 6 nitrogen and oxygen atoms in total. The average Bonchev–Trinajstić information content (AvgIpc) is 3.17. The van der Waals surface area contributed by atoms with E-state index in [2.05, 4.69) is 15.0 Å². The highest BCUT2D eigenvalue weighted by atomic mass is 19.4. The molecular formula is C25H20F4N4O2. The van der Waals surface area contributed by atoms with Gasteiger partial charge in [0.2, 0.25) is 0 Å². The Labute approximate surface area is 196 Å². The van der Waals surface area contributed by atoms with Crippen LogP contribution in [0, 0.1) is 5.82 Å². The minimum atomic E-state index is -4.68. The zero-order chi connectivity index (χ0) is 24.7. The van der Waals surface area contributed by atoms with E-state index in [1.54, 1.807) is 41.3 Å². The van der Waals surface area contributed by atoms with E-state index in [1.165, 1.54) is 25.4 Å². The van der Waals surface area contributed by atoms with E-state index in [4.69, 9.17) is 4.74 Å². The SMILES string of the molecule is COc1c(F)cccc1CCN1C=c2c(C(F)(F)F)nccc2=NC1c1[nH]c2ccccc2c1O. The minimum Gasteiger partial charge on any atom is -0.505 e. The molecule has 10 heteroatoms. The zero-order valence-electron chi connectivity index (χ0n) is 18.5. The van der Waals surface area contributed by atoms with Gasteiger partial charge in [-0.1, -0.05) is 24.3 Å². The Kier molecular flexibility index (Phi) is 5.58. The number of halogens is 4. The predicted octanol–water partition coefficient (Wildman–Crippen LogP) is 4.05. The number of ether oxygens (including phenoxy) is 1. The van der Waals surface area contributed by atoms with Crippen molar-refractivity contribution in [3.8, 4) is 11.5 Å². The molecule has 3 heterocycles. The van der Waals surface area contributed by atoms with Crippen molar-refractivity contribution in [1.29, 1.82) is 0 Å². The Bertz CT molecular complexity index is 1530. The second-order valence-electron chi connectivity index (χ2n) is 8.07. The van der Waals surface area contributed by atoms with Crippen LogP contribution in [0.2, 0.25) is 0 Å². The quantitative estimate of drug-likeness (QED) is 0.420. The van der Waals surface area contributed by atoms with Crippen LogP contribution in [0.4, 0.5) is 17.6 Å². The second-order valence-corrected chi connectivity index (χ2v) is 8.07. The lowest BCUT2D eigenvalue weighted by molar-refractivity contribution is -0.142. The van der Waals surface area contributed by atoms with Crippen molar-refractivity contribution in [1.82, 2.24) is 14.9 Å². The molecule has 2 N–H and O–H groups in total. The average molecular weight is 484 g/mol. The van der Waals surface area contributed by atoms with Gasteiger partial charge in [0, 0.05) is 35.1 Å². The number of H-pyrrole nitrogens is 1. The van der Waals surface area contributed by atoms with E-state index in [9.17, 15) is 22.7 Å². The fourth-order valence-corrected chi connectivity index (χ4v) is 4.35. The van der Waals surface area contributed by atoms with Gasteiger partial charge in [-0.25, -0.2) is 4.39 Å². The Morgan fingerprint density at radius 2 is 1.91 bits per heavy atom. The van der Waals surface area contributed by atoms with Crippen LogP contribution in [-0.2, 0) is 12.6 Å². The monoisotopic (exact) mass is 484 g/mol. The molecule has 1 aliphatic rings. The van der Waals surface area contributed by atoms with Crippen LogP contribution in [0.15, 0.2) is 59.7 Å². The summed E-state index contributed by atoms with van der Waals surface area (Å²) in [5.74, 6) is -0.495. The van der Waals surface area contributed by atoms with Crippen LogP contribution in [-0.4, -0.2) is 33.6 Å². The molecular weight excluding hydrogens is 464 g/mol. The second kappa shape index (κ2) is 8.61. The number of aromatic amines is 1. The molecule has 0 radical (unpaired) electrons. The van der Waals surface area contributed by atoms with Gasteiger partial charge < -0.3 is 19.7 Å². The first-order valence-corrected chi connectivity index (χ1v) is 10.8. The van der Waals surface area contributed by atoms with E-state index < -0.39 is 23.9 Å². The standard InChI is InChI=1S/C25H20F4N4O2/c1-35-22-14(5-4-7-17(22)26)10-12-33-13-16-19(9-11-30-23(16)25(27,28)29)32-24(33)20-21(34)15-6-2-3-8-18(15)31-20/h2-9,11,13,24,31,34H,10,12H2,1H3. The van der Waals surface area contributed by atoms with Gasteiger partial charge in [-0.3, -0.25) is 9.98 Å². The number of nitrogens with zero attached hydrogens (tertiary/aromatic N) is 3. The Morgan fingerprint density at radius 1 is 1.11 bits per heavy atom. The molecule has 2 aromatic carbocycles. The molecule has 0 bridgehead atoms. The van der Waals surface area contributed by atoms with Gasteiger partial charge >= 0.3 is 6.18 Å². The highest BCUT2D eigenvalue weighted by Crippen LogP contribution is 2.37. The van der Waals surface area contributed by atoms with Crippen LogP contribution in [0.1, 0.15) is 23.1 Å². The summed E-state index contributed by atoms with van der Waals surface area (Å²) in [6.07, 6.45) is -2.86. The summed E-state index contributed by atoms with van der Waals surface area (Å²) in [7, 11) is 1.35. The topological polar surface area (TPSA) is 73.7 Å². The summed E-state index contributed by atoms with van der Waals surface area (Å²) in [5, 5.41) is 11.4.